The third kappa shape index (κ3) is 5.76. The van der Waals surface area contributed by atoms with E-state index in [1.165, 1.54) is 42.4 Å². The number of carbonyl (C=O) groups excluding carboxylic acids is 3. The van der Waals surface area contributed by atoms with Crippen LogP contribution in [0.4, 0.5) is 4.39 Å². The first-order valence-corrected chi connectivity index (χ1v) is 12.0. The summed E-state index contributed by atoms with van der Waals surface area (Å²) in [6, 6.07) is 13.4. The van der Waals surface area contributed by atoms with E-state index < -0.39 is 5.91 Å². The fourth-order valence-electron chi connectivity index (χ4n) is 4.27. The smallest absolute Gasteiger partial charge is 0.337 e. The van der Waals surface area contributed by atoms with Crippen LogP contribution in [0.2, 0.25) is 0 Å². The SMILES string of the molecule is CC(=O)c1cc(C(=O)NCc2ccc(F)c(C)c2)nc2ccnn12.COC(=O)c1ccc2c(c1)CC[C@@H]2N. The van der Waals surface area contributed by atoms with Gasteiger partial charge in [-0.2, -0.15) is 5.10 Å². The summed E-state index contributed by atoms with van der Waals surface area (Å²) < 4.78 is 19.3. The van der Waals surface area contributed by atoms with Gasteiger partial charge in [0.2, 0.25) is 0 Å². The van der Waals surface area contributed by atoms with Crippen LogP contribution in [-0.4, -0.2) is 39.4 Å². The predicted molar refractivity (Wildman–Crippen MR) is 138 cm³/mol. The predicted octanol–water partition coefficient (Wildman–Crippen LogP) is 3.73. The number of aromatic nitrogens is 3. The Morgan fingerprint density at radius 3 is 2.66 bits per heavy atom. The van der Waals surface area contributed by atoms with Gasteiger partial charge in [-0.1, -0.05) is 18.2 Å². The van der Waals surface area contributed by atoms with Gasteiger partial charge < -0.3 is 15.8 Å². The highest BCUT2D eigenvalue weighted by Crippen LogP contribution is 2.29. The first-order chi connectivity index (χ1) is 18.2. The quantitative estimate of drug-likeness (QED) is 0.305. The molecule has 0 saturated heterocycles. The molecule has 0 spiro atoms. The van der Waals surface area contributed by atoms with Crippen LogP contribution in [0, 0.1) is 12.7 Å². The zero-order chi connectivity index (χ0) is 27.4. The third-order valence-electron chi connectivity index (χ3n) is 6.32. The number of ketones is 1. The first-order valence-electron chi connectivity index (χ1n) is 12.0. The van der Waals surface area contributed by atoms with E-state index in [1.807, 2.05) is 12.1 Å². The van der Waals surface area contributed by atoms with Gasteiger partial charge in [-0.3, -0.25) is 9.59 Å². The number of ether oxygens (including phenoxy) is 1. The Kier molecular flexibility index (Phi) is 7.92. The van der Waals surface area contributed by atoms with Crippen molar-refractivity contribution < 1.29 is 23.5 Å². The lowest BCUT2D eigenvalue weighted by molar-refractivity contribution is 0.0600. The van der Waals surface area contributed by atoms with Crippen molar-refractivity contribution in [3.63, 3.8) is 0 Å². The Balaban J connectivity index is 0.000000204. The number of halogens is 1. The second kappa shape index (κ2) is 11.3. The summed E-state index contributed by atoms with van der Waals surface area (Å²) >= 11 is 0. The summed E-state index contributed by atoms with van der Waals surface area (Å²) in [5.41, 5.74) is 11.0. The molecule has 10 heteroatoms. The Hall–Kier alpha value is -4.44. The normalized spacial score (nSPS) is 13.9. The minimum absolute atomic E-state index is 0.132. The molecule has 5 rings (SSSR count). The van der Waals surface area contributed by atoms with E-state index in [4.69, 9.17) is 5.73 Å². The standard InChI is InChI=1S/C17H15FN4O2.C11H13NO2/c1-10-7-12(3-4-13(10)18)9-19-17(24)14-8-15(11(2)23)22-16(21-14)5-6-20-22;1-14-11(13)8-2-4-9-7(6-8)3-5-10(9)12/h3-8H,9H2,1-2H3,(H,19,24);2,4,6,10H,3,5,12H2,1H3/t;10-/m.0/s1. The van der Waals surface area contributed by atoms with Crippen molar-refractivity contribution in [3.8, 4) is 0 Å². The molecule has 0 radical (unpaired) electrons. The topological polar surface area (TPSA) is 129 Å². The molecular formula is C28H28FN5O4. The van der Waals surface area contributed by atoms with Gasteiger partial charge in [-0.05, 0) is 66.3 Å². The van der Waals surface area contributed by atoms with Crippen molar-refractivity contribution in [2.45, 2.75) is 39.3 Å². The number of rotatable bonds is 5. The van der Waals surface area contributed by atoms with Crippen LogP contribution >= 0.6 is 0 Å². The summed E-state index contributed by atoms with van der Waals surface area (Å²) in [7, 11) is 1.39. The van der Waals surface area contributed by atoms with Gasteiger partial charge in [0, 0.05) is 25.6 Å². The van der Waals surface area contributed by atoms with Crippen molar-refractivity contribution in [2.75, 3.05) is 7.11 Å². The zero-order valence-electron chi connectivity index (χ0n) is 21.3. The van der Waals surface area contributed by atoms with Crippen molar-refractivity contribution >= 4 is 23.3 Å². The van der Waals surface area contributed by atoms with Crippen molar-refractivity contribution in [2.24, 2.45) is 5.73 Å². The van der Waals surface area contributed by atoms with Gasteiger partial charge >= 0.3 is 5.97 Å². The fourth-order valence-corrected chi connectivity index (χ4v) is 4.27. The Bertz CT molecular complexity index is 1530. The molecule has 2 heterocycles. The maximum Gasteiger partial charge on any atom is 0.337 e. The van der Waals surface area contributed by atoms with Crippen molar-refractivity contribution in [1.82, 2.24) is 19.9 Å². The highest BCUT2D eigenvalue weighted by molar-refractivity contribution is 5.98. The van der Waals surface area contributed by atoms with Gasteiger partial charge in [-0.15, -0.1) is 0 Å². The Morgan fingerprint density at radius 2 is 1.95 bits per heavy atom. The third-order valence-corrected chi connectivity index (χ3v) is 6.32. The number of Topliss-reactive ketones (excluding diaryl/α,β-unsaturated/α-hetero) is 1. The number of methoxy groups -OCH3 is 1. The number of nitrogens with zero attached hydrogens (tertiary/aromatic N) is 3. The zero-order valence-corrected chi connectivity index (χ0v) is 21.3. The number of benzene rings is 2. The lowest BCUT2D eigenvalue weighted by Crippen LogP contribution is -2.25. The van der Waals surface area contributed by atoms with E-state index in [1.54, 1.807) is 31.2 Å². The Labute approximate surface area is 218 Å². The lowest BCUT2D eigenvalue weighted by atomic mass is 10.1. The average Bonchev–Trinajstić information content (AvgIpc) is 3.54. The molecule has 3 N–H and O–H groups in total. The minimum atomic E-state index is -0.414. The average molecular weight is 518 g/mol. The second-order valence-electron chi connectivity index (χ2n) is 9.00. The number of nitrogens with two attached hydrogens (primary N) is 1. The van der Waals surface area contributed by atoms with Crippen LogP contribution in [0.5, 0.6) is 0 Å². The van der Waals surface area contributed by atoms with E-state index >= 15 is 0 Å². The summed E-state index contributed by atoms with van der Waals surface area (Å²) in [5.74, 6) is -1.20. The Morgan fingerprint density at radius 1 is 1.16 bits per heavy atom. The number of hydrogen-bond acceptors (Lipinski definition) is 7. The molecule has 1 atom stereocenters. The maximum atomic E-state index is 13.3. The molecule has 0 saturated carbocycles. The highest BCUT2D eigenvalue weighted by atomic mass is 19.1. The van der Waals surface area contributed by atoms with Crippen LogP contribution in [-0.2, 0) is 17.7 Å². The minimum Gasteiger partial charge on any atom is -0.465 e. The largest absolute Gasteiger partial charge is 0.465 e. The lowest BCUT2D eigenvalue weighted by Gasteiger charge is -2.08. The highest BCUT2D eigenvalue weighted by Gasteiger charge is 2.20. The van der Waals surface area contributed by atoms with Gasteiger partial charge in [0.05, 0.1) is 18.9 Å². The van der Waals surface area contributed by atoms with E-state index in [-0.39, 0.29) is 41.5 Å². The molecule has 0 unspecified atom stereocenters. The van der Waals surface area contributed by atoms with Crippen LogP contribution in [0.3, 0.4) is 0 Å². The molecule has 0 fully saturated rings. The molecule has 1 aliphatic rings. The van der Waals surface area contributed by atoms with Gasteiger partial charge in [0.1, 0.15) is 17.2 Å². The first kappa shape index (κ1) is 26.6. The molecule has 2 aromatic heterocycles. The molecule has 9 nitrogen and oxygen atoms in total. The molecule has 4 aromatic rings. The van der Waals surface area contributed by atoms with E-state index in [9.17, 15) is 18.8 Å². The molecule has 1 amide bonds. The number of amides is 1. The molecule has 38 heavy (non-hydrogen) atoms. The number of esters is 1. The molecule has 0 aliphatic heterocycles. The summed E-state index contributed by atoms with van der Waals surface area (Å²) in [5, 5.41) is 6.74. The fraction of sp³-hybridized carbons (Fsp3) is 0.250. The maximum absolute atomic E-state index is 13.3. The molecular weight excluding hydrogens is 489 g/mol. The summed E-state index contributed by atoms with van der Waals surface area (Å²) in [6.45, 7) is 3.30. The second-order valence-corrected chi connectivity index (χ2v) is 9.00. The van der Waals surface area contributed by atoms with E-state index in [2.05, 4.69) is 20.1 Å². The van der Waals surface area contributed by atoms with Gasteiger partial charge in [0.25, 0.3) is 5.91 Å². The molecule has 196 valence electrons. The van der Waals surface area contributed by atoms with E-state index in [0.717, 1.165) is 24.0 Å². The van der Waals surface area contributed by atoms with E-state index in [0.29, 0.717) is 16.8 Å². The summed E-state index contributed by atoms with van der Waals surface area (Å²) in [6.07, 6.45) is 3.44. The number of fused-ring (bicyclic) bond motifs is 2. The van der Waals surface area contributed by atoms with Gasteiger partial charge in [0.15, 0.2) is 11.4 Å². The van der Waals surface area contributed by atoms with Gasteiger partial charge in [-0.25, -0.2) is 18.7 Å². The van der Waals surface area contributed by atoms with Crippen LogP contribution in [0.1, 0.15) is 73.0 Å². The van der Waals surface area contributed by atoms with Crippen molar-refractivity contribution in [1.29, 1.82) is 0 Å². The molecule has 1 aliphatic carbocycles. The van der Waals surface area contributed by atoms with Crippen LogP contribution < -0.4 is 11.1 Å². The molecule has 0 bridgehead atoms. The summed E-state index contributed by atoms with van der Waals surface area (Å²) in [4.78, 5) is 39.5. The van der Waals surface area contributed by atoms with Crippen LogP contribution in [0.25, 0.3) is 5.65 Å². The monoisotopic (exact) mass is 517 g/mol. The van der Waals surface area contributed by atoms with Crippen molar-refractivity contribution in [3.05, 3.63) is 99.8 Å². The number of aryl methyl sites for hydroxylation is 2. The number of nitrogens with one attached hydrogen (secondary N) is 1. The van der Waals surface area contributed by atoms with Crippen LogP contribution in [0.15, 0.2) is 54.7 Å². The number of hydrogen-bond donors (Lipinski definition) is 2. The number of carbonyl (C=O) groups is 3. The molecule has 2 aromatic carbocycles.